The van der Waals surface area contributed by atoms with Crippen LogP contribution in [0.25, 0.3) is 0 Å². The highest BCUT2D eigenvalue weighted by Crippen LogP contribution is 2.02. The van der Waals surface area contributed by atoms with Crippen molar-refractivity contribution in [3.63, 3.8) is 0 Å². The van der Waals surface area contributed by atoms with Gasteiger partial charge >= 0.3 is 0 Å². The molecule has 3 N–H and O–H groups in total. The van der Waals surface area contributed by atoms with Crippen LogP contribution in [0, 0.1) is 0 Å². The summed E-state index contributed by atoms with van der Waals surface area (Å²) in [7, 11) is 0. The van der Waals surface area contributed by atoms with E-state index in [-0.39, 0.29) is 0 Å². The molecule has 0 aliphatic carbocycles. The summed E-state index contributed by atoms with van der Waals surface area (Å²) in [6, 6.07) is 3.86. The third-order valence-electron chi connectivity index (χ3n) is 2.45. The lowest BCUT2D eigenvalue weighted by molar-refractivity contribution is 0.671. The molecular weight excluding hydrogens is 232 g/mol. The zero-order valence-electron chi connectivity index (χ0n) is 9.60. The van der Waals surface area contributed by atoms with E-state index in [0.29, 0.717) is 5.69 Å². The van der Waals surface area contributed by atoms with E-state index in [2.05, 4.69) is 20.7 Å². The summed E-state index contributed by atoms with van der Waals surface area (Å²) in [6.07, 6.45) is 3.61. The molecule has 0 saturated heterocycles. The second-order valence-corrected chi connectivity index (χ2v) is 4.53. The van der Waals surface area contributed by atoms with Gasteiger partial charge in [0.2, 0.25) is 0 Å². The molecule has 0 fully saturated rings. The zero-order chi connectivity index (χ0) is 11.9. The lowest BCUT2D eigenvalue weighted by atomic mass is 10.2. The average Bonchev–Trinajstić information content (AvgIpc) is 2.84. The maximum Gasteiger partial charge on any atom is 0.0794 e. The van der Waals surface area contributed by atoms with E-state index in [1.165, 1.54) is 0 Å². The molecule has 0 aliphatic rings. The fourth-order valence-corrected chi connectivity index (χ4v) is 2.10. The van der Waals surface area contributed by atoms with Gasteiger partial charge in [-0.05, 0) is 12.1 Å². The molecule has 5 heteroatoms. The van der Waals surface area contributed by atoms with Crippen molar-refractivity contribution in [1.29, 1.82) is 0 Å². The fraction of sp³-hybridized carbons (Fsp3) is 0.333. The molecule has 2 aromatic heterocycles. The summed E-state index contributed by atoms with van der Waals surface area (Å²) < 4.78 is 0. The lowest BCUT2D eigenvalue weighted by Crippen LogP contribution is -2.20. The van der Waals surface area contributed by atoms with Gasteiger partial charge in [-0.3, -0.25) is 4.98 Å². The summed E-state index contributed by atoms with van der Waals surface area (Å²) in [6.45, 7) is 1.89. The largest absolute Gasteiger partial charge is 0.397 e. The molecule has 2 heterocycles. The first-order valence-corrected chi connectivity index (χ1v) is 6.57. The minimum absolute atomic E-state index is 0.713. The molecule has 0 amide bonds. The van der Waals surface area contributed by atoms with Crippen LogP contribution in [-0.4, -0.2) is 23.1 Å². The number of pyridine rings is 1. The van der Waals surface area contributed by atoms with Crippen LogP contribution in [0.4, 0.5) is 5.69 Å². The summed E-state index contributed by atoms with van der Waals surface area (Å²) in [5.74, 6) is 0. The second kappa shape index (κ2) is 6.32. The monoisotopic (exact) mass is 248 g/mol. The van der Waals surface area contributed by atoms with Gasteiger partial charge in [0, 0.05) is 37.0 Å². The lowest BCUT2D eigenvalue weighted by Gasteiger charge is -2.03. The number of aromatic nitrogens is 2. The Hall–Kier alpha value is -1.46. The normalized spacial score (nSPS) is 10.6. The number of nitrogens with one attached hydrogen (secondary N) is 1. The standard InChI is InChI=1S/C12H16N4S/c13-10-1-2-11(15-7-10)3-5-14-6-4-12-8-17-9-16-12/h1-2,7-9,14H,3-6,13H2. The van der Waals surface area contributed by atoms with Gasteiger partial charge in [-0.2, -0.15) is 0 Å². The van der Waals surface area contributed by atoms with Crippen LogP contribution >= 0.6 is 11.3 Å². The Bertz CT molecular complexity index is 424. The number of nitrogen functional groups attached to an aromatic ring is 1. The van der Waals surface area contributed by atoms with Gasteiger partial charge in [-0.25, -0.2) is 4.98 Å². The van der Waals surface area contributed by atoms with Crippen LogP contribution in [0.15, 0.2) is 29.2 Å². The molecular formula is C12H16N4S. The Labute approximate surface area is 105 Å². The number of nitrogens with two attached hydrogens (primary N) is 1. The van der Waals surface area contributed by atoms with Crippen LogP contribution in [0.5, 0.6) is 0 Å². The van der Waals surface area contributed by atoms with Crippen LogP contribution in [0.2, 0.25) is 0 Å². The maximum absolute atomic E-state index is 5.57. The van der Waals surface area contributed by atoms with E-state index in [1.54, 1.807) is 17.5 Å². The quantitative estimate of drug-likeness (QED) is 0.760. The van der Waals surface area contributed by atoms with Crippen LogP contribution in [0.3, 0.4) is 0 Å². The summed E-state index contributed by atoms with van der Waals surface area (Å²) >= 11 is 1.64. The van der Waals surface area contributed by atoms with Crippen molar-refractivity contribution in [3.05, 3.63) is 40.6 Å². The predicted octanol–water partition coefficient (Wildman–Crippen LogP) is 1.50. The Morgan fingerprint density at radius 3 is 2.59 bits per heavy atom. The summed E-state index contributed by atoms with van der Waals surface area (Å²) in [5, 5.41) is 5.47. The van der Waals surface area contributed by atoms with Crippen molar-refractivity contribution in [2.24, 2.45) is 0 Å². The minimum atomic E-state index is 0.713. The average molecular weight is 248 g/mol. The van der Waals surface area contributed by atoms with Gasteiger partial charge in [0.25, 0.3) is 0 Å². The molecule has 0 atom stereocenters. The number of nitrogens with zero attached hydrogens (tertiary/aromatic N) is 2. The van der Waals surface area contributed by atoms with Crippen molar-refractivity contribution in [3.8, 4) is 0 Å². The summed E-state index contributed by atoms with van der Waals surface area (Å²) in [5.41, 5.74) is 10.4. The highest BCUT2D eigenvalue weighted by Gasteiger charge is 1.96. The van der Waals surface area contributed by atoms with Crippen LogP contribution < -0.4 is 11.1 Å². The molecule has 90 valence electrons. The predicted molar refractivity (Wildman–Crippen MR) is 71.0 cm³/mol. The van der Waals surface area contributed by atoms with Crippen LogP contribution in [0.1, 0.15) is 11.4 Å². The molecule has 2 rings (SSSR count). The molecule has 0 saturated carbocycles. The van der Waals surface area contributed by atoms with E-state index >= 15 is 0 Å². The van der Waals surface area contributed by atoms with Gasteiger partial charge in [-0.15, -0.1) is 11.3 Å². The summed E-state index contributed by atoms with van der Waals surface area (Å²) in [4.78, 5) is 8.48. The van der Waals surface area contributed by atoms with E-state index < -0.39 is 0 Å². The number of hydrogen-bond acceptors (Lipinski definition) is 5. The molecule has 0 unspecified atom stereocenters. The van der Waals surface area contributed by atoms with Gasteiger partial charge in [0.05, 0.1) is 23.1 Å². The smallest absolute Gasteiger partial charge is 0.0794 e. The molecule has 2 aromatic rings. The molecule has 0 aliphatic heterocycles. The Kier molecular flexibility index (Phi) is 4.46. The third kappa shape index (κ3) is 4.13. The first-order chi connectivity index (χ1) is 8.34. The first-order valence-electron chi connectivity index (χ1n) is 5.63. The van der Waals surface area contributed by atoms with Gasteiger partial charge in [0.1, 0.15) is 0 Å². The Morgan fingerprint density at radius 2 is 1.94 bits per heavy atom. The van der Waals surface area contributed by atoms with E-state index in [9.17, 15) is 0 Å². The highest BCUT2D eigenvalue weighted by atomic mass is 32.1. The van der Waals surface area contributed by atoms with Crippen molar-refractivity contribution >= 4 is 17.0 Å². The topological polar surface area (TPSA) is 63.8 Å². The molecule has 0 bridgehead atoms. The SMILES string of the molecule is Nc1ccc(CCNCCc2cscn2)nc1. The van der Waals surface area contributed by atoms with Crippen molar-refractivity contribution in [2.45, 2.75) is 12.8 Å². The number of anilines is 1. The van der Waals surface area contributed by atoms with E-state index in [0.717, 1.165) is 37.3 Å². The van der Waals surface area contributed by atoms with Gasteiger partial charge < -0.3 is 11.1 Å². The Balaban J connectivity index is 1.61. The van der Waals surface area contributed by atoms with Gasteiger partial charge in [-0.1, -0.05) is 0 Å². The van der Waals surface area contributed by atoms with Crippen molar-refractivity contribution in [2.75, 3.05) is 18.8 Å². The minimum Gasteiger partial charge on any atom is -0.397 e. The molecule has 0 radical (unpaired) electrons. The zero-order valence-corrected chi connectivity index (χ0v) is 10.4. The highest BCUT2D eigenvalue weighted by molar-refractivity contribution is 7.07. The maximum atomic E-state index is 5.57. The fourth-order valence-electron chi connectivity index (χ4n) is 1.50. The number of rotatable bonds is 6. The van der Waals surface area contributed by atoms with E-state index in [4.69, 9.17) is 5.73 Å². The van der Waals surface area contributed by atoms with Crippen molar-refractivity contribution in [1.82, 2.24) is 15.3 Å². The van der Waals surface area contributed by atoms with Crippen molar-refractivity contribution < 1.29 is 0 Å². The van der Waals surface area contributed by atoms with Crippen LogP contribution in [-0.2, 0) is 12.8 Å². The molecule has 0 aromatic carbocycles. The molecule has 17 heavy (non-hydrogen) atoms. The number of thiazole rings is 1. The third-order valence-corrected chi connectivity index (χ3v) is 3.08. The Morgan fingerprint density at radius 1 is 1.12 bits per heavy atom. The molecule has 4 nitrogen and oxygen atoms in total. The first kappa shape index (κ1) is 12.0. The number of hydrogen-bond donors (Lipinski definition) is 2. The van der Waals surface area contributed by atoms with E-state index in [1.807, 2.05) is 17.6 Å². The second-order valence-electron chi connectivity index (χ2n) is 3.81. The van der Waals surface area contributed by atoms with Gasteiger partial charge in [0.15, 0.2) is 0 Å². The molecule has 0 spiro atoms.